The minimum Gasteiger partial charge on any atom is -0.452 e. The number of hydrogen-bond acceptors (Lipinski definition) is 5. The van der Waals surface area contributed by atoms with Crippen LogP contribution in [0.5, 0.6) is 0 Å². The summed E-state index contributed by atoms with van der Waals surface area (Å²) in [6, 6.07) is 7.27. The number of esters is 1. The molecule has 0 atom stereocenters. The van der Waals surface area contributed by atoms with Gasteiger partial charge in [0.2, 0.25) is 5.91 Å². The van der Waals surface area contributed by atoms with E-state index in [1.807, 2.05) is 19.9 Å². The molecule has 0 unspecified atom stereocenters. The zero-order chi connectivity index (χ0) is 21.8. The SMILES string of the molecule is CC(C)CNC(=O)COC(=O)c1ccccc1SCC(=O)NC1CCCCCCC1. The molecule has 0 heterocycles. The Kier molecular flexibility index (Phi) is 10.8. The van der Waals surface area contributed by atoms with Gasteiger partial charge in [0.25, 0.3) is 5.91 Å². The molecule has 0 radical (unpaired) electrons. The van der Waals surface area contributed by atoms with Gasteiger partial charge in [0.1, 0.15) is 0 Å². The summed E-state index contributed by atoms with van der Waals surface area (Å²) in [7, 11) is 0. The largest absolute Gasteiger partial charge is 0.452 e. The minimum absolute atomic E-state index is 0.0122. The molecule has 0 spiro atoms. The zero-order valence-electron chi connectivity index (χ0n) is 18.1. The third kappa shape index (κ3) is 9.20. The van der Waals surface area contributed by atoms with E-state index >= 15 is 0 Å². The van der Waals surface area contributed by atoms with Crippen LogP contribution in [0.1, 0.15) is 69.2 Å². The Morgan fingerprint density at radius 3 is 2.40 bits per heavy atom. The number of hydrogen-bond donors (Lipinski definition) is 2. The number of amides is 2. The van der Waals surface area contributed by atoms with Crippen LogP contribution in [0.15, 0.2) is 29.2 Å². The number of carbonyl (C=O) groups excluding carboxylic acids is 3. The second kappa shape index (κ2) is 13.3. The summed E-state index contributed by atoms with van der Waals surface area (Å²) in [6.45, 7) is 4.21. The summed E-state index contributed by atoms with van der Waals surface area (Å²) >= 11 is 1.32. The summed E-state index contributed by atoms with van der Waals surface area (Å²) in [6.07, 6.45) is 8.19. The van der Waals surface area contributed by atoms with Gasteiger partial charge in [-0.15, -0.1) is 11.8 Å². The summed E-state index contributed by atoms with van der Waals surface area (Å²) < 4.78 is 5.15. The van der Waals surface area contributed by atoms with Crippen LogP contribution < -0.4 is 10.6 Å². The Bertz CT molecular complexity index is 700. The van der Waals surface area contributed by atoms with E-state index in [0.717, 1.165) is 25.7 Å². The zero-order valence-corrected chi connectivity index (χ0v) is 18.9. The van der Waals surface area contributed by atoms with Crippen molar-refractivity contribution in [1.29, 1.82) is 0 Å². The summed E-state index contributed by atoms with van der Waals surface area (Å²) in [4.78, 5) is 37.3. The van der Waals surface area contributed by atoms with Crippen molar-refractivity contribution in [3.05, 3.63) is 29.8 Å². The fraction of sp³-hybridized carbons (Fsp3) is 0.609. The second-order valence-electron chi connectivity index (χ2n) is 8.17. The van der Waals surface area contributed by atoms with Crippen LogP contribution >= 0.6 is 11.8 Å². The van der Waals surface area contributed by atoms with Gasteiger partial charge in [-0.3, -0.25) is 9.59 Å². The number of ether oxygens (including phenoxy) is 1. The van der Waals surface area contributed by atoms with Gasteiger partial charge >= 0.3 is 5.97 Å². The number of thioether (sulfide) groups is 1. The van der Waals surface area contributed by atoms with Crippen molar-refractivity contribution in [2.75, 3.05) is 18.9 Å². The molecule has 1 saturated carbocycles. The molecule has 2 rings (SSSR count). The van der Waals surface area contributed by atoms with Crippen molar-refractivity contribution in [2.45, 2.75) is 69.7 Å². The maximum absolute atomic E-state index is 12.4. The molecule has 0 aromatic heterocycles. The Morgan fingerprint density at radius 1 is 1.03 bits per heavy atom. The first-order valence-corrected chi connectivity index (χ1v) is 11.9. The van der Waals surface area contributed by atoms with Gasteiger partial charge in [-0.25, -0.2) is 4.79 Å². The van der Waals surface area contributed by atoms with E-state index in [-0.39, 0.29) is 30.2 Å². The van der Waals surface area contributed by atoms with Gasteiger partial charge in [-0.1, -0.05) is 58.1 Å². The molecular formula is C23H34N2O4S. The molecular weight excluding hydrogens is 400 g/mol. The highest BCUT2D eigenvalue weighted by molar-refractivity contribution is 8.00. The maximum atomic E-state index is 12.4. The monoisotopic (exact) mass is 434 g/mol. The lowest BCUT2D eigenvalue weighted by atomic mass is 9.97. The van der Waals surface area contributed by atoms with E-state index < -0.39 is 5.97 Å². The van der Waals surface area contributed by atoms with Crippen molar-refractivity contribution >= 4 is 29.5 Å². The summed E-state index contributed by atoms with van der Waals surface area (Å²) in [5.41, 5.74) is 0.373. The second-order valence-corrected chi connectivity index (χ2v) is 9.19. The molecule has 1 fully saturated rings. The van der Waals surface area contributed by atoms with Crippen molar-refractivity contribution in [2.24, 2.45) is 5.92 Å². The Labute approximate surface area is 183 Å². The van der Waals surface area contributed by atoms with Crippen molar-refractivity contribution < 1.29 is 19.1 Å². The Balaban J connectivity index is 1.82. The molecule has 1 aliphatic rings. The van der Waals surface area contributed by atoms with Gasteiger partial charge in [0.15, 0.2) is 6.61 Å². The molecule has 2 amide bonds. The fourth-order valence-electron chi connectivity index (χ4n) is 3.35. The molecule has 0 aliphatic heterocycles. The van der Waals surface area contributed by atoms with Crippen molar-refractivity contribution in [3.8, 4) is 0 Å². The summed E-state index contributed by atoms with van der Waals surface area (Å²) in [5.74, 6) is -0.313. The lowest BCUT2D eigenvalue weighted by molar-refractivity contribution is -0.124. The molecule has 30 heavy (non-hydrogen) atoms. The molecule has 166 valence electrons. The van der Waals surface area contributed by atoms with Crippen molar-refractivity contribution in [1.82, 2.24) is 10.6 Å². The van der Waals surface area contributed by atoms with Crippen LogP contribution in [-0.4, -0.2) is 42.7 Å². The van der Waals surface area contributed by atoms with Crippen LogP contribution in [0, 0.1) is 5.92 Å². The van der Waals surface area contributed by atoms with E-state index in [4.69, 9.17) is 4.74 Å². The normalized spacial score (nSPS) is 15.2. The minimum atomic E-state index is -0.557. The Hall–Kier alpha value is -2.02. The number of benzene rings is 1. The predicted molar refractivity (Wildman–Crippen MR) is 120 cm³/mol. The standard InChI is InChI=1S/C23H34N2O4S/c1-17(2)14-24-21(26)15-29-23(28)19-12-8-9-13-20(19)30-16-22(27)25-18-10-6-4-3-5-7-11-18/h8-9,12-13,17-18H,3-7,10-11,14-16H2,1-2H3,(H,24,26)(H,25,27). The van der Waals surface area contributed by atoms with E-state index in [0.29, 0.717) is 22.9 Å². The molecule has 7 heteroatoms. The van der Waals surface area contributed by atoms with E-state index in [1.54, 1.807) is 18.2 Å². The molecule has 1 aliphatic carbocycles. The first-order chi connectivity index (χ1) is 14.5. The van der Waals surface area contributed by atoms with E-state index in [2.05, 4.69) is 10.6 Å². The highest BCUT2D eigenvalue weighted by Crippen LogP contribution is 2.24. The number of nitrogens with one attached hydrogen (secondary N) is 2. The van der Waals surface area contributed by atoms with Gasteiger partial charge in [-0.05, 0) is 30.9 Å². The van der Waals surface area contributed by atoms with Gasteiger partial charge < -0.3 is 15.4 Å². The van der Waals surface area contributed by atoms with Crippen LogP contribution in [0.2, 0.25) is 0 Å². The first-order valence-electron chi connectivity index (χ1n) is 10.9. The lowest BCUT2D eigenvalue weighted by Crippen LogP contribution is -2.36. The Morgan fingerprint density at radius 2 is 1.70 bits per heavy atom. The number of rotatable bonds is 9. The smallest absolute Gasteiger partial charge is 0.339 e. The average molecular weight is 435 g/mol. The van der Waals surface area contributed by atoms with Gasteiger partial charge in [0.05, 0.1) is 11.3 Å². The van der Waals surface area contributed by atoms with Crippen molar-refractivity contribution in [3.63, 3.8) is 0 Å². The quantitative estimate of drug-likeness (QED) is 0.454. The van der Waals surface area contributed by atoms with Crippen LogP contribution in [0.3, 0.4) is 0 Å². The molecule has 2 N–H and O–H groups in total. The maximum Gasteiger partial charge on any atom is 0.339 e. The highest BCUT2D eigenvalue weighted by Gasteiger charge is 2.17. The fourth-order valence-corrected chi connectivity index (χ4v) is 4.20. The topological polar surface area (TPSA) is 84.5 Å². The van der Waals surface area contributed by atoms with Crippen LogP contribution in [-0.2, 0) is 14.3 Å². The summed E-state index contributed by atoms with van der Waals surface area (Å²) in [5, 5.41) is 5.86. The molecule has 0 saturated heterocycles. The molecule has 1 aromatic rings. The van der Waals surface area contributed by atoms with Crippen LogP contribution in [0.4, 0.5) is 0 Å². The average Bonchev–Trinajstić information content (AvgIpc) is 2.71. The number of carbonyl (C=O) groups is 3. The van der Waals surface area contributed by atoms with Gasteiger partial charge in [-0.2, -0.15) is 0 Å². The van der Waals surface area contributed by atoms with Crippen LogP contribution in [0.25, 0.3) is 0 Å². The van der Waals surface area contributed by atoms with E-state index in [1.165, 1.54) is 31.0 Å². The molecule has 1 aromatic carbocycles. The third-order valence-electron chi connectivity index (χ3n) is 4.98. The predicted octanol–water partition coefficient (Wildman–Crippen LogP) is 3.94. The third-order valence-corrected chi connectivity index (χ3v) is 6.05. The lowest BCUT2D eigenvalue weighted by Gasteiger charge is -2.21. The highest BCUT2D eigenvalue weighted by atomic mass is 32.2. The molecule has 0 bridgehead atoms. The van der Waals surface area contributed by atoms with E-state index in [9.17, 15) is 14.4 Å². The van der Waals surface area contributed by atoms with Gasteiger partial charge in [0, 0.05) is 17.5 Å². The molecule has 6 nitrogen and oxygen atoms in total. The first kappa shape index (κ1) is 24.3.